The summed E-state index contributed by atoms with van der Waals surface area (Å²) in [5, 5.41) is 3.88. The zero-order valence-electron chi connectivity index (χ0n) is 13.8. The summed E-state index contributed by atoms with van der Waals surface area (Å²) in [7, 11) is 0. The topological polar surface area (TPSA) is 76.5 Å². The van der Waals surface area contributed by atoms with Crippen LogP contribution in [0, 0.1) is 0 Å². The summed E-state index contributed by atoms with van der Waals surface area (Å²) in [5.74, 6) is 0.307. The van der Waals surface area contributed by atoms with E-state index in [1.54, 1.807) is 6.20 Å². The first-order valence-corrected chi connectivity index (χ1v) is 8.00. The van der Waals surface area contributed by atoms with E-state index in [2.05, 4.69) is 27.4 Å². The van der Waals surface area contributed by atoms with Gasteiger partial charge in [-0.25, -0.2) is 10.4 Å². The first-order chi connectivity index (χ1) is 12.2. The normalized spacial score (nSPS) is 10.9. The summed E-state index contributed by atoms with van der Waals surface area (Å²) in [4.78, 5) is 20.4. The number of nitrogens with zero attached hydrogens (tertiary/aromatic N) is 3. The SMILES string of the molecule is CCc1ccc(OCC(=O)N/N=C\c2cnc3ccccc3n2)cc1. The molecule has 0 saturated heterocycles. The van der Waals surface area contributed by atoms with Crippen molar-refractivity contribution in [2.24, 2.45) is 5.10 Å². The van der Waals surface area contributed by atoms with Gasteiger partial charge >= 0.3 is 0 Å². The highest BCUT2D eigenvalue weighted by Crippen LogP contribution is 2.12. The van der Waals surface area contributed by atoms with Crippen molar-refractivity contribution >= 4 is 23.2 Å². The quantitative estimate of drug-likeness (QED) is 0.555. The van der Waals surface area contributed by atoms with Gasteiger partial charge in [-0.15, -0.1) is 0 Å². The maximum Gasteiger partial charge on any atom is 0.277 e. The molecular weight excluding hydrogens is 316 g/mol. The largest absolute Gasteiger partial charge is 0.484 e. The molecule has 3 rings (SSSR count). The van der Waals surface area contributed by atoms with Crippen molar-refractivity contribution in [1.82, 2.24) is 15.4 Å². The number of ether oxygens (including phenoxy) is 1. The molecule has 1 aromatic heterocycles. The van der Waals surface area contributed by atoms with Gasteiger partial charge in [0.25, 0.3) is 5.91 Å². The second kappa shape index (κ2) is 8.01. The number of hydrogen-bond acceptors (Lipinski definition) is 5. The Balaban J connectivity index is 1.51. The number of benzene rings is 2. The molecule has 3 aromatic rings. The Labute approximate surface area is 145 Å². The van der Waals surface area contributed by atoms with Crippen LogP contribution in [-0.2, 0) is 11.2 Å². The molecule has 0 bridgehead atoms. The van der Waals surface area contributed by atoms with Crippen LogP contribution in [0.5, 0.6) is 5.75 Å². The Morgan fingerprint density at radius 1 is 1.16 bits per heavy atom. The molecule has 1 amide bonds. The van der Waals surface area contributed by atoms with Gasteiger partial charge in [-0.1, -0.05) is 31.2 Å². The van der Waals surface area contributed by atoms with E-state index < -0.39 is 0 Å². The maximum absolute atomic E-state index is 11.8. The van der Waals surface area contributed by atoms with Gasteiger partial charge in [0.15, 0.2) is 6.61 Å². The van der Waals surface area contributed by atoms with Gasteiger partial charge < -0.3 is 4.74 Å². The summed E-state index contributed by atoms with van der Waals surface area (Å²) in [6, 6.07) is 15.2. The molecule has 0 atom stereocenters. The lowest BCUT2D eigenvalue weighted by Gasteiger charge is -2.05. The van der Waals surface area contributed by atoms with Crippen LogP contribution in [0.1, 0.15) is 18.2 Å². The third kappa shape index (κ3) is 4.60. The standard InChI is InChI=1S/C19H18N4O2/c1-2-14-7-9-16(10-8-14)25-13-19(24)23-21-12-15-11-20-17-5-3-4-6-18(17)22-15/h3-12H,2,13H2,1H3,(H,23,24)/b21-12-. The third-order valence-electron chi connectivity index (χ3n) is 3.55. The first-order valence-electron chi connectivity index (χ1n) is 8.00. The monoisotopic (exact) mass is 334 g/mol. The number of fused-ring (bicyclic) bond motifs is 1. The van der Waals surface area contributed by atoms with Gasteiger partial charge in [-0.2, -0.15) is 5.10 Å². The summed E-state index contributed by atoms with van der Waals surface area (Å²) < 4.78 is 5.41. The van der Waals surface area contributed by atoms with E-state index in [1.165, 1.54) is 11.8 Å². The lowest BCUT2D eigenvalue weighted by molar-refractivity contribution is -0.123. The predicted molar refractivity (Wildman–Crippen MR) is 96.6 cm³/mol. The molecule has 6 heteroatoms. The van der Waals surface area contributed by atoms with Crippen LogP contribution in [0.2, 0.25) is 0 Å². The van der Waals surface area contributed by atoms with E-state index in [4.69, 9.17) is 4.74 Å². The smallest absolute Gasteiger partial charge is 0.277 e. The van der Waals surface area contributed by atoms with Gasteiger partial charge in [0.1, 0.15) is 11.4 Å². The molecule has 1 N–H and O–H groups in total. The molecule has 0 radical (unpaired) electrons. The number of hydrogen-bond donors (Lipinski definition) is 1. The lowest BCUT2D eigenvalue weighted by Crippen LogP contribution is -2.24. The number of rotatable bonds is 6. The molecule has 126 valence electrons. The summed E-state index contributed by atoms with van der Waals surface area (Å²) >= 11 is 0. The Hall–Kier alpha value is -3.28. The minimum atomic E-state index is -0.343. The number of amides is 1. The highest BCUT2D eigenvalue weighted by molar-refractivity contribution is 5.84. The van der Waals surface area contributed by atoms with Crippen LogP contribution in [-0.4, -0.2) is 28.7 Å². The van der Waals surface area contributed by atoms with Crippen molar-refractivity contribution in [1.29, 1.82) is 0 Å². The van der Waals surface area contributed by atoms with E-state index in [1.807, 2.05) is 48.5 Å². The number of hydrazone groups is 1. The van der Waals surface area contributed by atoms with Gasteiger partial charge in [-0.05, 0) is 36.2 Å². The number of carbonyl (C=O) groups is 1. The van der Waals surface area contributed by atoms with Crippen LogP contribution in [0.4, 0.5) is 0 Å². The number of carbonyl (C=O) groups excluding carboxylic acids is 1. The molecule has 2 aromatic carbocycles. The van der Waals surface area contributed by atoms with E-state index in [0.29, 0.717) is 11.4 Å². The van der Waals surface area contributed by atoms with Gasteiger partial charge in [-0.3, -0.25) is 9.78 Å². The van der Waals surface area contributed by atoms with E-state index in [-0.39, 0.29) is 12.5 Å². The van der Waals surface area contributed by atoms with E-state index >= 15 is 0 Å². The molecule has 25 heavy (non-hydrogen) atoms. The average Bonchev–Trinajstić information content (AvgIpc) is 2.66. The lowest BCUT2D eigenvalue weighted by atomic mass is 10.2. The van der Waals surface area contributed by atoms with Crippen molar-refractivity contribution in [3.05, 3.63) is 66.0 Å². The summed E-state index contributed by atoms with van der Waals surface area (Å²) in [5.41, 5.74) is 5.78. The Kier molecular flexibility index (Phi) is 5.31. The minimum absolute atomic E-state index is 0.105. The Morgan fingerprint density at radius 3 is 2.68 bits per heavy atom. The molecule has 1 heterocycles. The van der Waals surface area contributed by atoms with Crippen molar-refractivity contribution < 1.29 is 9.53 Å². The number of aryl methyl sites for hydroxylation is 1. The molecule has 0 aliphatic carbocycles. The zero-order chi connectivity index (χ0) is 17.5. The summed E-state index contributed by atoms with van der Waals surface area (Å²) in [6.07, 6.45) is 4.02. The van der Waals surface area contributed by atoms with Crippen LogP contribution >= 0.6 is 0 Å². The fourth-order valence-electron chi connectivity index (χ4n) is 2.21. The molecule has 0 fully saturated rings. The fourth-order valence-corrected chi connectivity index (χ4v) is 2.21. The van der Waals surface area contributed by atoms with Gasteiger partial charge in [0.2, 0.25) is 0 Å². The fraction of sp³-hybridized carbons (Fsp3) is 0.158. The first kappa shape index (κ1) is 16.6. The van der Waals surface area contributed by atoms with Crippen LogP contribution < -0.4 is 10.2 Å². The van der Waals surface area contributed by atoms with Crippen LogP contribution in [0.25, 0.3) is 11.0 Å². The van der Waals surface area contributed by atoms with Gasteiger partial charge in [0, 0.05) is 0 Å². The van der Waals surface area contributed by atoms with Crippen molar-refractivity contribution in [2.75, 3.05) is 6.61 Å². The molecule has 0 aliphatic heterocycles. The Bertz CT molecular complexity index is 891. The molecular formula is C19H18N4O2. The maximum atomic E-state index is 11.8. The van der Waals surface area contributed by atoms with Crippen LogP contribution in [0.15, 0.2) is 59.8 Å². The van der Waals surface area contributed by atoms with Crippen LogP contribution in [0.3, 0.4) is 0 Å². The van der Waals surface area contributed by atoms with Gasteiger partial charge in [0.05, 0.1) is 23.4 Å². The predicted octanol–water partition coefficient (Wildman–Crippen LogP) is 2.72. The minimum Gasteiger partial charge on any atom is -0.484 e. The molecule has 6 nitrogen and oxygen atoms in total. The highest BCUT2D eigenvalue weighted by Gasteiger charge is 2.02. The second-order valence-corrected chi connectivity index (χ2v) is 5.36. The highest BCUT2D eigenvalue weighted by atomic mass is 16.5. The second-order valence-electron chi connectivity index (χ2n) is 5.36. The van der Waals surface area contributed by atoms with E-state index in [0.717, 1.165) is 17.5 Å². The third-order valence-corrected chi connectivity index (χ3v) is 3.55. The number of nitrogens with one attached hydrogen (secondary N) is 1. The molecule has 0 saturated carbocycles. The molecule has 0 unspecified atom stereocenters. The summed E-state index contributed by atoms with van der Waals surface area (Å²) in [6.45, 7) is 1.98. The Morgan fingerprint density at radius 2 is 1.92 bits per heavy atom. The number of para-hydroxylation sites is 2. The zero-order valence-corrected chi connectivity index (χ0v) is 13.8. The molecule has 0 aliphatic rings. The molecule has 0 spiro atoms. The average molecular weight is 334 g/mol. The van der Waals surface area contributed by atoms with E-state index in [9.17, 15) is 4.79 Å². The van der Waals surface area contributed by atoms with Crippen molar-refractivity contribution in [2.45, 2.75) is 13.3 Å². The van der Waals surface area contributed by atoms with Crippen molar-refractivity contribution in [3.63, 3.8) is 0 Å². The van der Waals surface area contributed by atoms with Crippen molar-refractivity contribution in [3.8, 4) is 5.75 Å². The number of aromatic nitrogens is 2.